The van der Waals surface area contributed by atoms with E-state index in [0.717, 1.165) is 128 Å². The molecule has 0 aliphatic rings. The van der Waals surface area contributed by atoms with E-state index < -0.39 is 24.3 Å². The minimum absolute atomic E-state index is 0.140. The second-order valence-corrected chi connectivity index (χ2v) is 22.7. The zero-order chi connectivity index (χ0) is 59.8. The number of quaternary nitrogens is 1. The minimum Gasteiger partial charge on any atom is -0.545 e. The molecule has 0 bridgehead atoms. The second kappa shape index (κ2) is 62.5. The number of hydrogen-bond donors (Lipinski definition) is 0. The molecule has 2 atom stereocenters. The summed E-state index contributed by atoms with van der Waals surface area (Å²) in [6.07, 6.45) is 86.6. The monoisotopic (exact) mass is 1140 g/mol. The highest BCUT2D eigenvalue weighted by Gasteiger charge is 2.22. The molecule has 0 aliphatic carbocycles. The number of carbonyl (C=O) groups excluding carboxylic acids is 3. The summed E-state index contributed by atoms with van der Waals surface area (Å²) < 4.78 is 22.7. The maximum absolute atomic E-state index is 12.9. The van der Waals surface area contributed by atoms with Gasteiger partial charge in [-0.15, -0.1) is 0 Å². The molecule has 0 N–H and O–H groups in total. The number of esters is 2. The number of hydrogen-bond acceptors (Lipinski definition) is 8. The summed E-state index contributed by atoms with van der Waals surface area (Å²) in [6.45, 7) is 4.61. The van der Waals surface area contributed by atoms with Gasteiger partial charge in [-0.2, -0.15) is 0 Å². The first-order valence-corrected chi connectivity index (χ1v) is 32.8. The lowest BCUT2D eigenvalue weighted by atomic mass is 10.0. The van der Waals surface area contributed by atoms with Gasteiger partial charge >= 0.3 is 11.9 Å². The van der Waals surface area contributed by atoms with Gasteiger partial charge < -0.3 is 33.3 Å². The van der Waals surface area contributed by atoms with Crippen molar-refractivity contribution in [2.75, 3.05) is 47.5 Å². The van der Waals surface area contributed by atoms with Gasteiger partial charge in [0.25, 0.3) is 0 Å². The first kappa shape index (κ1) is 77.4. The summed E-state index contributed by atoms with van der Waals surface area (Å²) in [4.78, 5) is 37.3. The minimum atomic E-state index is -1.63. The fourth-order valence-electron chi connectivity index (χ4n) is 8.62. The maximum Gasteiger partial charge on any atom is 0.306 e. The SMILES string of the molecule is CC/C=C\C/C=C\C/C=C\C/C=C\C/C=C\C/C=C\C/C=C\C/C=C\C/C=C\C/C=C\CCCCCCCCCCCCC(=O)OC(COC(=O)CCCCCCC/C=C\CCCCCCCCC)COC(OCC[N+](C)(C)C)C(=O)[O-]. The van der Waals surface area contributed by atoms with E-state index in [1.807, 2.05) is 21.1 Å². The number of nitrogens with zero attached hydrogens (tertiary/aromatic N) is 1. The molecule has 0 aromatic rings. The molecule has 0 radical (unpaired) electrons. The van der Waals surface area contributed by atoms with E-state index in [1.165, 1.54) is 89.9 Å². The second-order valence-electron chi connectivity index (χ2n) is 22.7. The van der Waals surface area contributed by atoms with Crippen LogP contribution in [-0.4, -0.2) is 82.3 Å². The van der Waals surface area contributed by atoms with Crippen molar-refractivity contribution in [3.8, 4) is 0 Å². The Morgan fingerprint density at radius 3 is 1.05 bits per heavy atom. The number of unbranched alkanes of at least 4 members (excludes halogenated alkanes) is 22. The van der Waals surface area contributed by atoms with Crippen molar-refractivity contribution in [2.24, 2.45) is 0 Å². The lowest BCUT2D eigenvalue weighted by molar-refractivity contribution is -0.870. The van der Waals surface area contributed by atoms with Gasteiger partial charge in [-0.3, -0.25) is 9.59 Å². The van der Waals surface area contributed by atoms with Crippen LogP contribution < -0.4 is 5.11 Å². The molecule has 0 spiro atoms. The Hall–Kier alpha value is -4.57. The van der Waals surface area contributed by atoms with Crippen LogP contribution in [0.3, 0.4) is 0 Å². The molecule has 0 amide bonds. The molecule has 9 heteroatoms. The van der Waals surface area contributed by atoms with E-state index in [2.05, 4.69) is 148 Å². The Balaban J connectivity index is 4.14. The van der Waals surface area contributed by atoms with Crippen LogP contribution >= 0.6 is 0 Å². The Morgan fingerprint density at radius 2 is 0.695 bits per heavy atom. The summed E-state index contributed by atoms with van der Waals surface area (Å²) in [5, 5.41) is 11.8. The molecule has 0 saturated heterocycles. The van der Waals surface area contributed by atoms with Gasteiger partial charge in [0.05, 0.1) is 40.3 Å². The molecular formula is C73H121NO8. The smallest absolute Gasteiger partial charge is 0.306 e. The number of allylic oxidation sites excluding steroid dienone is 22. The highest BCUT2D eigenvalue weighted by Crippen LogP contribution is 2.15. The fraction of sp³-hybridized carbons (Fsp3) is 0.658. The maximum atomic E-state index is 12.9. The van der Waals surface area contributed by atoms with Crippen LogP contribution in [0.5, 0.6) is 0 Å². The predicted octanol–water partition coefficient (Wildman–Crippen LogP) is 18.8. The van der Waals surface area contributed by atoms with E-state index >= 15 is 0 Å². The third-order valence-corrected chi connectivity index (χ3v) is 13.6. The van der Waals surface area contributed by atoms with Crippen LogP contribution in [-0.2, 0) is 33.3 Å². The van der Waals surface area contributed by atoms with Crippen molar-refractivity contribution in [1.29, 1.82) is 0 Å². The summed E-state index contributed by atoms with van der Waals surface area (Å²) >= 11 is 0. The van der Waals surface area contributed by atoms with Crippen molar-refractivity contribution in [1.82, 2.24) is 0 Å². The predicted molar refractivity (Wildman–Crippen MR) is 347 cm³/mol. The average molecular weight is 1140 g/mol. The average Bonchev–Trinajstić information content (AvgIpc) is 3.45. The molecule has 0 heterocycles. The van der Waals surface area contributed by atoms with Crippen LogP contribution in [0, 0.1) is 0 Å². The number of carboxylic acid groups (broad SMARTS) is 1. The first-order valence-electron chi connectivity index (χ1n) is 32.8. The van der Waals surface area contributed by atoms with Gasteiger partial charge in [-0.05, 0) is 116 Å². The fourth-order valence-corrected chi connectivity index (χ4v) is 8.62. The quantitative estimate of drug-likeness (QED) is 0.0195. The Bertz CT molecular complexity index is 1810. The van der Waals surface area contributed by atoms with Gasteiger partial charge in [0.2, 0.25) is 0 Å². The molecule has 0 rings (SSSR count). The molecular weight excluding hydrogens is 1020 g/mol. The Labute approximate surface area is 503 Å². The number of aliphatic carboxylic acids is 1. The first-order chi connectivity index (χ1) is 40.1. The number of likely N-dealkylation sites (N-methyl/N-ethyl adjacent to an activating group) is 1. The van der Waals surface area contributed by atoms with E-state index in [-0.39, 0.29) is 38.6 Å². The van der Waals surface area contributed by atoms with E-state index in [4.69, 9.17) is 18.9 Å². The summed E-state index contributed by atoms with van der Waals surface area (Å²) in [6, 6.07) is 0. The third kappa shape index (κ3) is 63.0. The summed E-state index contributed by atoms with van der Waals surface area (Å²) in [5.74, 6) is -2.31. The number of ether oxygens (including phenoxy) is 4. The highest BCUT2D eigenvalue weighted by atomic mass is 16.7. The number of carbonyl (C=O) groups is 3. The molecule has 466 valence electrons. The zero-order valence-corrected chi connectivity index (χ0v) is 53.1. The summed E-state index contributed by atoms with van der Waals surface area (Å²) in [7, 11) is 5.91. The van der Waals surface area contributed by atoms with Crippen molar-refractivity contribution >= 4 is 17.9 Å². The van der Waals surface area contributed by atoms with Gasteiger partial charge in [-0.1, -0.05) is 257 Å². The van der Waals surface area contributed by atoms with Crippen molar-refractivity contribution in [3.63, 3.8) is 0 Å². The molecule has 0 fully saturated rings. The molecule has 0 aliphatic heterocycles. The van der Waals surface area contributed by atoms with Crippen LogP contribution in [0.2, 0.25) is 0 Å². The Kier molecular flexibility index (Phi) is 59.0. The van der Waals surface area contributed by atoms with Crippen molar-refractivity contribution in [2.45, 2.75) is 264 Å². The van der Waals surface area contributed by atoms with E-state index in [9.17, 15) is 19.5 Å². The van der Waals surface area contributed by atoms with E-state index in [0.29, 0.717) is 17.4 Å². The lowest BCUT2D eigenvalue weighted by Gasteiger charge is -2.26. The van der Waals surface area contributed by atoms with Gasteiger partial charge in [-0.25, -0.2) is 0 Å². The van der Waals surface area contributed by atoms with Crippen molar-refractivity contribution in [3.05, 3.63) is 134 Å². The molecule has 0 aromatic heterocycles. The van der Waals surface area contributed by atoms with Crippen LogP contribution in [0.25, 0.3) is 0 Å². The lowest BCUT2D eigenvalue weighted by Crippen LogP contribution is -2.44. The number of rotatable bonds is 59. The highest BCUT2D eigenvalue weighted by molar-refractivity contribution is 5.70. The van der Waals surface area contributed by atoms with Gasteiger partial charge in [0.15, 0.2) is 12.4 Å². The normalized spacial score (nSPS) is 13.6. The zero-order valence-electron chi connectivity index (χ0n) is 53.1. The van der Waals surface area contributed by atoms with Gasteiger partial charge in [0, 0.05) is 12.8 Å². The third-order valence-electron chi connectivity index (χ3n) is 13.6. The van der Waals surface area contributed by atoms with Crippen LogP contribution in [0.4, 0.5) is 0 Å². The molecule has 82 heavy (non-hydrogen) atoms. The molecule has 9 nitrogen and oxygen atoms in total. The van der Waals surface area contributed by atoms with Gasteiger partial charge in [0.1, 0.15) is 13.2 Å². The molecule has 0 aromatic carbocycles. The molecule has 2 unspecified atom stereocenters. The standard InChI is InChI=1S/C73H121NO8/c1-6-8-10-12-14-16-18-20-22-24-25-26-27-28-29-30-31-32-33-34-35-36-37-38-39-40-41-42-43-44-45-46-47-48-50-52-54-56-58-60-62-64-71(76)82-69(68-81-73(72(77)78)79-66-65-74(3,4)5)67-80-70(75)63-61-59-57-55-53-51-49-23-21-19-17-15-13-11-9-7-2/h8,10,14,16,20,22-23,25-26,28-29,31-32,34-35,37-38,40-41,43-44,49,69,73H,6-7,9,11-13,15,17-19,21,24,27,30,33,36,39,42,45-48,50-68H2,1-5H3/b10-8-,16-14-,22-20-,26-25-,29-28-,32-31-,35-34-,38-37-,41-40-,44-43-,49-23-. The molecule has 0 saturated carbocycles. The van der Waals surface area contributed by atoms with E-state index in [1.54, 1.807) is 0 Å². The number of carboxylic acids is 1. The summed E-state index contributed by atoms with van der Waals surface area (Å²) in [5.41, 5.74) is 0. The van der Waals surface area contributed by atoms with Crippen LogP contribution in [0.15, 0.2) is 134 Å². The Morgan fingerprint density at radius 1 is 0.378 bits per heavy atom. The largest absolute Gasteiger partial charge is 0.545 e. The van der Waals surface area contributed by atoms with Crippen molar-refractivity contribution < 1.29 is 42.9 Å². The van der Waals surface area contributed by atoms with Crippen LogP contribution in [0.1, 0.15) is 251 Å². The topological polar surface area (TPSA) is 111 Å².